The maximum atomic E-state index is 5.82. The summed E-state index contributed by atoms with van der Waals surface area (Å²) < 4.78 is 0. The van der Waals surface area contributed by atoms with Crippen LogP contribution in [0.15, 0.2) is 24.3 Å². The molecule has 68 valence electrons. The summed E-state index contributed by atoms with van der Waals surface area (Å²) in [6.07, 6.45) is 1.96. The molecule has 4 N–H and O–H groups in total. The number of thiol groups is 1. The van der Waals surface area contributed by atoms with Crippen molar-refractivity contribution in [3.63, 3.8) is 0 Å². The van der Waals surface area contributed by atoms with E-state index >= 15 is 0 Å². The SMILES string of the molecule is CS(N)(S)Cc1ccc(N)cc1. The van der Waals surface area contributed by atoms with E-state index in [1.807, 2.05) is 30.5 Å². The second-order valence-corrected chi connectivity index (χ2v) is 8.00. The molecule has 0 saturated carbocycles. The van der Waals surface area contributed by atoms with E-state index in [2.05, 4.69) is 11.7 Å². The molecule has 0 heterocycles. The minimum absolute atomic E-state index is 0.784. The highest BCUT2D eigenvalue weighted by atomic mass is 33.1. The molecule has 0 fully saturated rings. The lowest BCUT2D eigenvalue weighted by molar-refractivity contribution is 1.40. The molecule has 0 aliphatic heterocycles. The molecule has 0 amide bonds. The molecule has 1 unspecified atom stereocenters. The maximum absolute atomic E-state index is 5.82. The van der Waals surface area contributed by atoms with Gasteiger partial charge in [-0.15, -0.1) is 20.9 Å². The Morgan fingerprint density at radius 3 is 2.25 bits per heavy atom. The zero-order valence-corrected chi connectivity index (χ0v) is 8.74. The summed E-state index contributed by atoms with van der Waals surface area (Å²) in [6.45, 7) is 0. The monoisotopic (exact) mass is 202 g/mol. The van der Waals surface area contributed by atoms with E-state index in [4.69, 9.17) is 10.9 Å². The van der Waals surface area contributed by atoms with Crippen molar-refractivity contribution in [1.29, 1.82) is 0 Å². The summed E-state index contributed by atoms with van der Waals surface area (Å²) in [6, 6.07) is 7.75. The van der Waals surface area contributed by atoms with Crippen LogP contribution < -0.4 is 10.9 Å². The molecule has 0 saturated heterocycles. The normalized spacial score (nSPS) is 18.2. The van der Waals surface area contributed by atoms with Crippen LogP contribution in [-0.4, -0.2) is 6.26 Å². The second kappa shape index (κ2) is 3.60. The lowest BCUT2D eigenvalue weighted by Crippen LogP contribution is -2.04. The number of hydrogen-bond donors (Lipinski definition) is 3. The van der Waals surface area contributed by atoms with Crippen molar-refractivity contribution in [2.75, 3.05) is 12.0 Å². The van der Waals surface area contributed by atoms with Crippen LogP contribution in [0, 0.1) is 0 Å². The van der Waals surface area contributed by atoms with Crippen molar-refractivity contribution < 1.29 is 0 Å². The molecular formula is C8H14N2S2. The van der Waals surface area contributed by atoms with Crippen molar-refractivity contribution in [1.82, 2.24) is 0 Å². The van der Waals surface area contributed by atoms with Crippen molar-refractivity contribution in [2.24, 2.45) is 5.14 Å². The first-order chi connectivity index (χ1) is 5.47. The van der Waals surface area contributed by atoms with E-state index in [1.54, 1.807) is 0 Å². The third kappa shape index (κ3) is 3.38. The van der Waals surface area contributed by atoms with Crippen LogP contribution in [0.25, 0.3) is 0 Å². The van der Waals surface area contributed by atoms with Crippen LogP contribution in [0.3, 0.4) is 0 Å². The third-order valence-electron chi connectivity index (χ3n) is 1.44. The molecule has 1 aromatic carbocycles. The molecule has 0 aromatic heterocycles. The molecule has 2 nitrogen and oxygen atoms in total. The van der Waals surface area contributed by atoms with Gasteiger partial charge in [-0.05, 0) is 24.0 Å². The van der Waals surface area contributed by atoms with Gasteiger partial charge in [-0.2, -0.15) is 0 Å². The number of nitrogens with two attached hydrogens (primary N) is 2. The summed E-state index contributed by atoms with van der Waals surface area (Å²) in [4.78, 5) is 0. The fraction of sp³-hybridized carbons (Fsp3) is 0.250. The Kier molecular flexibility index (Phi) is 2.93. The van der Waals surface area contributed by atoms with Crippen LogP contribution in [0.1, 0.15) is 5.56 Å². The minimum Gasteiger partial charge on any atom is -0.399 e. The van der Waals surface area contributed by atoms with Gasteiger partial charge in [-0.25, -0.2) is 0 Å². The molecular weight excluding hydrogens is 188 g/mol. The average Bonchev–Trinajstić information content (AvgIpc) is 1.91. The number of nitrogen functional groups attached to an aromatic ring is 1. The van der Waals surface area contributed by atoms with E-state index in [1.165, 1.54) is 5.56 Å². The largest absolute Gasteiger partial charge is 0.399 e. The van der Waals surface area contributed by atoms with E-state index in [0.717, 1.165) is 11.4 Å². The first-order valence-electron chi connectivity index (χ1n) is 3.58. The molecule has 12 heavy (non-hydrogen) atoms. The van der Waals surface area contributed by atoms with E-state index in [9.17, 15) is 0 Å². The number of hydrogen-bond acceptors (Lipinski definition) is 3. The molecule has 0 aliphatic rings. The van der Waals surface area contributed by atoms with Crippen molar-refractivity contribution in [3.05, 3.63) is 29.8 Å². The molecule has 1 aromatic rings. The van der Waals surface area contributed by atoms with Gasteiger partial charge >= 0.3 is 0 Å². The standard InChI is InChI=1S/C8H14N2S2/c1-12(10,11)6-7-2-4-8(9)5-3-7/h2-5,11H,6,9-10H2,1H3. The van der Waals surface area contributed by atoms with Gasteiger partial charge in [0.2, 0.25) is 0 Å². The van der Waals surface area contributed by atoms with Crippen LogP contribution in [0.5, 0.6) is 0 Å². The first kappa shape index (κ1) is 9.77. The molecule has 0 bridgehead atoms. The number of benzene rings is 1. The van der Waals surface area contributed by atoms with Gasteiger partial charge in [0.05, 0.1) is 0 Å². The highest BCUT2D eigenvalue weighted by Crippen LogP contribution is 2.43. The molecule has 1 rings (SSSR count). The van der Waals surface area contributed by atoms with Crippen molar-refractivity contribution >= 4 is 26.6 Å². The van der Waals surface area contributed by atoms with Crippen molar-refractivity contribution in [3.8, 4) is 0 Å². The van der Waals surface area contributed by atoms with Gasteiger partial charge in [0.25, 0.3) is 0 Å². The molecule has 4 heteroatoms. The number of anilines is 1. The fourth-order valence-electron chi connectivity index (χ4n) is 0.951. The van der Waals surface area contributed by atoms with Gasteiger partial charge in [0.15, 0.2) is 0 Å². The van der Waals surface area contributed by atoms with Gasteiger partial charge in [-0.1, -0.05) is 12.1 Å². The summed E-state index contributed by atoms with van der Waals surface area (Å²) in [7, 11) is -1.24. The Hall–Kier alpha value is -0.320. The Labute approximate surface area is 79.6 Å². The van der Waals surface area contributed by atoms with Gasteiger partial charge in [0.1, 0.15) is 0 Å². The Bertz CT molecular complexity index is 251. The number of rotatable bonds is 2. The Balaban J connectivity index is 2.71. The summed E-state index contributed by atoms with van der Waals surface area (Å²) in [5.74, 6) is 0.830. The van der Waals surface area contributed by atoms with E-state index in [-0.39, 0.29) is 0 Å². The lowest BCUT2D eigenvalue weighted by Gasteiger charge is -2.23. The second-order valence-electron chi connectivity index (χ2n) is 2.99. The lowest BCUT2D eigenvalue weighted by atomic mass is 10.2. The van der Waals surface area contributed by atoms with Gasteiger partial charge in [0, 0.05) is 11.4 Å². The van der Waals surface area contributed by atoms with Crippen molar-refractivity contribution in [2.45, 2.75) is 5.75 Å². The Morgan fingerprint density at radius 2 is 1.83 bits per heavy atom. The molecule has 0 radical (unpaired) electrons. The smallest absolute Gasteiger partial charge is 0.0314 e. The first-order valence-corrected chi connectivity index (χ1v) is 6.90. The van der Waals surface area contributed by atoms with Gasteiger partial charge in [-0.3, -0.25) is 5.14 Å². The van der Waals surface area contributed by atoms with Crippen LogP contribution in [0.4, 0.5) is 5.69 Å². The summed E-state index contributed by atoms with van der Waals surface area (Å²) >= 11 is 4.32. The quantitative estimate of drug-likeness (QED) is 0.390. The van der Waals surface area contributed by atoms with Gasteiger partial charge < -0.3 is 5.73 Å². The topological polar surface area (TPSA) is 52.0 Å². The van der Waals surface area contributed by atoms with Crippen LogP contribution >= 0.6 is 20.9 Å². The highest BCUT2D eigenvalue weighted by Gasteiger charge is 2.05. The molecule has 1 atom stereocenters. The van der Waals surface area contributed by atoms with E-state index < -0.39 is 9.25 Å². The van der Waals surface area contributed by atoms with Crippen LogP contribution in [0.2, 0.25) is 0 Å². The molecule has 0 spiro atoms. The minimum atomic E-state index is -1.24. The molecule has 0 aliphatic carbocycles. The zero-order chi connectivity index (χ0) is 9.19. The zero-order valence-electron chi connectivity index (χ0n) is 7.03. The summed E-state index contributed by atoms with van der Waals surface area (Å²) in [5, 5.41) is 5.82. The maximum Gasteiger partial charge on any atom is 0.0314 e. The predicted octanol–water partition coefficient (Wildman–Crippen LogP) is 1.92. The predicted molar refractivity (Wildman–Crippen MR) is 61.2 cm³/mol. The third-order valence-corrected chi connectivity index (χ3v) is 2.74. The highest BCUT2D eigenvalue weighted by molar-refractivity contribution is 8.86. The van der Waals surface area contributed by atoms with E-state index in [0.29, 0.717) is 0 Å². The average molecular weight is 202 g/mol. The fourth-order valence-corrected chi connectivity index (χ4v) is 2.27. The Morgan fingerprint density at radius 1 is 1.33 bits per heavy atom. The van der Waals surface area contributed by atoms with Crippen LogP contribution in [-0.2, 0) is 5.75 Å². The summed E-state index contributed by atoms with van der Waals surface area (Å²) in [5.41, 5.74) is 7.52.